The lowest BCUT2D eigenvalue weighted by Gasteiger charge is -2.18. The number of rotatable bonds is 6. The molecule has 4 atom stereocenters. The molecule has 8 heteroatoms. The Morgan fingerprint density at radius 2 is 1.82 bits per heavy atom. The molecule has 5 heterocycles. The zero-order valence-electron chi connectivity index (χ0n) is 15.2. The van der Waals surface area contributed by atoms with Crippen LogP contribution >= 0.6 is 0 Å². The quantitative estimate of drug-likeness (QED) is 0.670. The summed E-state index contributed by atoms with van der Waals surface area (Å²) in [7, 11) is 0. The van der Waals surface area contributed by atoms with Crippen molar-refractivity contribution in [3.63, 3.8) is 0 Å². The number of aromatic nitrogens is 3. The van der Waals surface area contributed by atoms with Crippen LogP contribution in [0.15, 0.2) is 59.5 Å². The number of nitrogens with one attached hydrogen (secondary N) is 2. The van der Waals surface area contributed by atoms with Crippen LogP contribution in [0.1, 0.15) is 5.69 Å². The summed E-state index contributed by atoms with van der Waals surface area (Å²) < 4.78 is 17.5. The van der Waals surface area contributed by atoms with Crippen LogP contribution in [-0.4, -0.2) is 52.5 Å². The first-order chi connectivity index (χ1) is 13.9. The summed E-state index contributed by atoms with van der Waals surface area (Å²) in [6.07, 6.45) is 5.09. The zero-order chi connectivity index (χ0) is 18.8. The largest absolute Gasteiger partial charge is 0.463 e. The van der Waals surface area contributed by atoms with Crippen LogP contribution < -0.4 is 10.6 Å². The molecule has 0 bridgehead atoms. The zero-order valence-corrected chi connectivity index (χ0v) is 15.2. The second-order valence-corrected chi connectivity index (χ2v) is 6.90. The van der Waals surface area contributed by atoms with E-state index in [1.54, 1.807) is 18.7 Å². The van der Waals surface area contributed by atoms with E-state index in [2.05, 4.69) is 25.6 Å². The number of pyridine rings is 1. The van der Waals surface area contributed by atoms with Crippen LogP contribution in [0.4, 0.5) is 5.95 Å². The molecule has 144 valence electrons. The lowest BCUT2D eigenvalue weighted by Crippen LogP contribution is -2.42. The number of hydrogen-bond acceptors (Lipinski definition) is 8. The number of nitrogens with zero attached hydrogens (tertiary/aromatic N) is 3. The van der Waals surface area contributed by atoms with E-state index in [0.29, 0.717) is 31.5 Å². The highest BCUT2D eigenvalue weighted by atomic mass is 16.6. The van der Waals surface area contributed by atoms with Gasteiger partial charge in [-0.05, 0) is 30.3 Å². The molecule has 2 aliphatic heterocycles. The number of furan rings is 1. The van der Waals surface area contributed by atoms with Crippen molar-refractivity contribution >= 4 is 5.95 Å². The van der Waals surface area contributed by atoms with Crippen molar-refractivity contribution in [1.82, 2.24) is 20.3 Å². The molecule has 2 saturated heterocycles. The van der Waals surface area contributed by atoms with E-state index in [-0.39, 0.29) is 24.3 Å². The van der Waals surface area contributed by atoms with Gasteiger partial charge in [0.25, 0.3) is 0 Å². The fourth-order valence-corrected chi connectivity index (χ4v) is 3.69. The highest BCUT2D eigenvalue weighted by Gasteiger charge is 2.47. The molecule has 2 aliphatic rings. The van der Waals surface area contributed by atoms with Gasteiger partial charge < -0.3 is 24.5 Å². The summed E-state index contributed by atoms with van der Waals surface area (Å²) in [5.41, 5.74) is 1.74. The van der Waals surface area contributed by atoms with Crippen molar-refractivity contribution < 1.29 is 13.9 Å². The Hall–Kier alpha value is -2.81. The first kappa shape index (κ1) is 17.3. The third-order valence-corrected chi connectivity index (χ3v) is 5.07. The average molecular weight is 379 g/mol. The minimum Gasteiger partial charge on any atom is -0.463 e. The summed E-state index contributed by atoms with van der Waals surface area (Å²) >= 11 is 0. The van der Waals surface area contributed by atoms with E-state index in [4.69, 9.17) is 13.9 Å². The molecule has 0 radical (unpaired) electrons. The molecule has 3 aromatic rings. The Balaban J connectivity index is 1.21. The molecule has 5 rings (SSSR count). The van der Waals surface area contributed by atoms with Gasteiger partial charge in [0.1, 0.15) is 17.9 Å². The first-order valence-electron chi connectivity index (χ1n) is 9.37. The Morgan fingerprint density at radius 3 is 2.64 bits per heavy atom. The second-order valence-electron chi connectivity index (χ2n) is 6.90. The second kappa shape index (κ2) is 7.67. The lowest BCUT2D eigenvalue weighted by atomic mass is 10.1. The van der Waals surface area contributed by atoms with E-state index < -0.39 is 0 Å². The topological polar surface area (TPSA) is 94.3 Å². The molecule has 0 aliphatic carbocycles. The summed E-state index contributed by atoms with van der Waals surface area (Å²) in [6, 6.07) is 11.6. The fraction of sp³-hybridized carbons (Fsp3) is 0.350. The van der Waals surface area contributed by atoms with Crippen molar-refractivity contribution in [3.8, 4) is 11.5 Å². The third kappa shape index (κ3) is 3.49. The number of ether oxygens (including phenoxy) is 2. The Kier molecular flexibility index (Phi) is 4.74. The van der Waals surface area contributed by atoms with Gasteiger partial charge in [0.2, 0.25) is 5.95 Å². The molecule has 28 heavy (non-hydrogen) atoms. The number of fused-ring (bicyclic) bond motifs is 1. The van der Waals surface area contributed by atoms with Gasteiger partial charge in [-0.2, -0.15) is 0 Å². The molecule has 0 amide bonds. The Bertz CT molecular complexity index is 905. The average Bonchev–Trinajstić information content (AvgIpc) is 3.47. The summed E-state index contributed by atoms with van der Waals surface area (Å²) in [5, 5.41) is 6.85. The molecule has 3 aromatic heterocycles. The SMILES string of the molecule is c1ccc(CN[C@H]2CO[C@H]3[C@@H]2OC[C@@H]3Nc2nccc(-c3ccco3)n2)nc1. The van der Waals surface area contributed by atoms with Crippen molar-refractivity contribution in [3.05, 3.63) is 60.7 Å². The standard InChI is InChI=1S/C20H21N5O3/c1-2-7-21-13(4-1)10-23-15-11-27-19-16(12-28-18(15)19)25-20-22-8-6-14(24-20)17-5-3-9-26-17/h1-9,15-16,18-19,23H,10-12H2,(H,22,24,25)/t15-,16-,18+,19+/m0/s1. The van der Waals surface area contributed by atoms with Gasteiger partial charge in [0, 0.05) is 18.9 Å². The van der Waals surface area contributed by atoms with Crippen molar-refractivity contribution in [2.75, 3.05) is 18.5 Å². The van der Waals surface area contributed by atoms with E-state index >= 15 is 0 Å². The fourth-order valence-electron chi connectivity index (χ4n) is 3.69. The van der Waals surface area contributed by atoms with Crippen LogP contribution in [0.5, 0.6) is 0 Å². The maximum atomic E-state index is 6.02. The molecule has 0 saturated carbocycles. The predicted molar refractivity (Wildman–Crippen MR) is 101 cm³/mol. The smallest absolute Gasteiger partial charge is 0.223 e. The van der Waals surface area contributed by atoms with Crippen LogP contribution in [0.3, 0.4) is 0 Å². The van der Waals surface area contributed by atoms with E-state index in [0.717, 1.165) is 11.4 Å². The maximum Gasteiger partial charge on any atom is 0.223 e. The van der Waals surface area contributed by atoms with E-state index in [1.807, 2.05) is 36.4 Å². The van der Waals surface area contributed by atoms with Gasteiger partial charge in [-0.1, -0.05) is 6.07 Å². The molecule has 0 unspecified atom stereocenters. The van der Waals surface area contributed by atoms with Crippen LogP contribution in [0.25, 0.3) is 11.5 Å². The Labute approximate surface area is 162 Å². The predicted octanol–water partition coefficient (Wildman–Crippen LogP) is 1.87. The molecule has 2 N–H and O–H groups in total. The van der Waals surface area contributed by atoms with Gasteiger partial charge in [-0.15, -0.1) is 0 Å². The number of hydrogen-bond donors (Lipinski definition) is 2. The minimum atomic E-state index is -0.0444. The molecule has 2 fully saturated rings. The van der Waals surface area contributed by atoms with Gasteiger partial charge in [-0.25, -0.2) is 9.97 Å². The monoisotopic (exact) mass is 379 g/mol. The van der Waals surface area contributed by atoms with Gasteiger partial charge in [-0.3, -0.25) is 4.98 Å². The first-order valence-corrected chi connectivity index (χ1v) is 9.37. The lowest BCUT2D eigenvalue weighted by molar-refractivity contribution is 0.0674. The number of anilines is 1. The molecular formula is C20H21N5O3. The highest BCUT2D eigenvalue weighted by molar-refractivity contribution is 5.53. The summed E-state index contributed by atoms with van der Waals surface area (Å²) in [6.45, 7) is 1.84. The molecule has 8 nitrogen and oxygen atoms in total. The molecule has 0 aromatic carbocycles. The van der Waals surface area contributed by atoms with E-state index in [1.165, 1.54) is 0 Å². The summed E-state index contributed by atoms with van der Waals surface area (Å²) in [4.78, 5) is 13.2. The third-order valence-electron chi connectivity index (χ3n) is 5.07. The molecule has 0 spiro atoms. The maximum absolute atomic E-state index is 6.02. The van der Waals surface area contributed by atoms with Crippen molar-refractivity contribution in [1.29, 1.82) is 0 Å². The normalized spacial score (nSPS) is 26.3. The van der Waals surface area contributed by atoms with Gasteiger partial charge >= 0.3 is 0 Å². The van der Waals surface area contributed by atoms with E-state index in [9.17, 15) is 0 Å². The molecular weight excluding hydrogens is 358 g/mol. The van der Waals surface area contributed by atoms with Crippen molar-refractivity contribution in [2.24, 2.45) is 0 Å². The van der Waals surface area contributed by atoms with Crippen LogP contribution in [0.2, 0.25) is 0 Å². The van der Waals surface area contributed by atoms with Crippen molar-refractivity contribution in [2.45, 2.75) is 30.8 Å². The highest BCUT2D eigenvalue weighted by Crippen LogP contribution is 2.29. The Morgan fingerprint density at radius 1 is 0.929 bits per heavy atom. The van der Waals surface area contributed by atoms with Gasteiger partial charge in [0.15, 0.2) is 5.76 Å². The summed E-state index contributed by atoms with van der Waals surface area (Å²) in [5.74, 6) is 1.25. The van der Waals surface area contributed by atoms with Crippen LogP contribution in [-0.2, 0) is 16.0 Å². The van der Waals surface area contributed by atoms with Crippen LogP contribution in [0, 0.1) is 0 Å². The minimum absolute atomic E-state index is 0.00139. The van der Waals surface area contributed by atoms with Gasteiger partial charge in [0.05, 0.1) is 37.3 Å².